The fraction of sp³-hybridized carbons (Fsp3) is 0.385. The Morgan fingerprint density at radius 3 is 2.67 bits per heavy atom. The van der Waals surface area contributed by atoms with Crippen LogP contribution >= 0.6 is 0 Å². The molecule has 0 aliphatic rings. The molecule has 1 heterocycles. The minimum atomic E-state index is -0.132. The van der Waals surface area contributed by atoms with Crippen LogP contribution in [0.15, 0.2) is 16.5 Å². The van der Waals surface area contributed by atoms with Crippen molar-refractivity contribution in [2.75, 3.05) is 5.32 Å². The number of rotatable bonds is 1. The zero-order valence-electron chi connectivity index (χ0n) is 11.0. The predicted octanol–water partition coefficient (Wildman–Crippen LogP) is 2.88. The molecule has 4 nitrogen and oxygen atoms in total. The molecule has 0 unspecified atom stereocenters. The Kier molecular flexibility index (Phi) is 4.68. The Bertz CT molecular complexity index is 570. The third-order valence-electron chi connectivity index (χ3n) is 2.27. The largest absolute Gasteiger partial charge is 0.467 e. The number of nitrogens with zero attached hydrogens (tertiary/aromatic N) is 1. The minimum absolute atomic E-state index is 0. The maximum atomic E-state index is 10.9. The Morgan fingerprint density at radius 2 is 2.11 bits per heavy atom. The van der Waals surface area contributed by atoms with Gasteiger partial charge in [-0.15, -0.1) is 12.1 Å². The molecular weight excluding hydrogens is 305 g/mol. The van der Waals surface area contributed by atoms with Gasteiger partial charge in [0.2, 0.25) is 5.91 Å². The van der Waals surface area contributed by atoms with Crippen molar-refractivity contribution >= 4 is 22.7 Å². The van der Waals surface area contributed by atoms with Crippen molar-refractivity contribution in [3.63, 3.8) is 0 Å². The van der Waals surface area contributed by atoms with Gasteiger partial charge in [-0.2, -0.15) is 6.07 Å². The van der Waals surface area contributed by atoms with Crippen LogP contribution in [-0.2, 0) is 42.9 Å². The number of hydrogen-bond acceptors (Lipinski definition) is 3. The van der Waals surface area contributed by atoms with Crippen LogP contribution in [0.3, 0.4) is 0 Å². The molecule has 1 N–H and O–H groups in total. The van der Waals surface area contributed by atoms with E-state index in [0.717, 1.165) is 5.52 Å². The first-order valence-corrected chi connectivity index (χ1v) is 5.46. The van der Waals surface area contributed by atoms with E-state index >= 15 is 0 Å². The van der Waals surface area contributed by atoms with Crippen molar-refractivity contribution in [3.8, 4) is 0 Å². The van der Waals surface area contributed by atoms with Gasteiger partial charge in [0.05, 0.1) is 0 Å². The van der Waals surface area contributed by atoms with Crippen molar-refractivity contribution < 1.29 is 41.9 Å². The standard InChI is InChI=1S/C13H15N2O2.Y/c1-8(16)14-9-5-6-10-11(7-9)17-12(15-10)13(2,3)4;/h6-7H,1-4H3,(H,14,16);/q-1;. The first kappa shape index (κ1) is 15.3. The van der Waals surface area contributed by atoms with E-state index in [4.69, 9.17) is 4.42 Å². The zero-order valence-corrected chi connectivity index (χ0v) is 13.8. The predicted molar refractivity (Wildman–Crippen MR) is 65.8 cm³/mol. The van der Waals surface area contributed by atoms with Crippen LogP contribution in [0.1, 0.15) is 33.6 Å². The van der Waals surface area contributed by atoms with Crippen molar-refractivity contribution in [3.05, 3.63) is 24.1 Å². The van der Waals surface area contributed by atoms with E-state index < -0.39 is 0 Å². The van der Waals surface area contributed by atoms with E-state index in [0.29, 0.717) is 17.2 Å². The molecule has 18 heavy (non-hydrogen) atoms. The second-order valence-electron chi connectivity index (χ2n) is 5.05. The summed E-state index contributed by atoms with van der Waals surface area (Å²) in [6, 6.07) is 6.41. The topological polar surface area (TPSA) is 55.1 Å². The summed E-state index contributed by atoms with van der Waals surface area (Å²) in [5.41, 5.74) is 1.88. The third kappa shape index (κ3) is 3.39. The molecule has 1 amide bonds. The molecule has 2 rings (SSSR count). The summed E-state index contributed by atoms with van der Waals surface area (Å²) >= 11 is 0. The Morgan fingerprint density at radius 1 is 1.44 bits per heavy atom. The van der Waals surface area contributed by atoms with E-state index in [-0.39, 0.29) is 44.0 Å². The summed E-state index contributed by atoms with van der Waals surface area (Å²) in [7, 11) is 0. The fourth-order valence-corrected chi connectivity index (χ4v) is 1.45. The minimum Gasteiger partial charge on any atom is -0.467 e. The van der Waals surface area contributed by atoms with Gasteiger partial charge in [-0.3, -0.25) is 9.78 Å². The van der Waals surface area contributed by atoms with Crippen molar-refractivity contribution in [2.24, 2.45) is 0 Å². The maximum Gasteiger partial charge on any atom is 0.219 e. The number of oxazole rings is 1. The second-order valence-corrected chi connectivity index (χ2v) is 5.05. The number of amides is 1. The van der Waals surface area contributed by atoms with E-state index in [9.17, 15) is 4.79 Å². The van der Waals surface area contributed by atoms with Crippen molar-refractivity contribution in [2.45, 2.75) is 33.1 Å². The Labute approximate surface area is 131 Å². The van der Waals surface area contributed by atoms with Crippen LogP contribution in [-0.4, -0.2) is 10.9 Å². The van der Waals surface area contributed by atoms with Crippen LogP contribution in [0.2, 0.25) is 0 Å². The van der Waals surface area contributed by atoms with Gasteiger partial charge < -0.3 is 9.73 Å². The van der Waals surface area contributed by atoms with Crippen molar-refractivity contribution in [1.29, 1.82) is 0 Å². The summed E-state index contributed by atoms with van der Waals surface area (Å²) < 4.78 is 5.67. The van der Waals surface area contributed by atoms with Gasteiger partial charge in [0, 0.05) is 50.6 Å². The fourth-order valence-electron chi connectivity index (χ4n) is 1.45. The monoisotopic (exact) mass is 320 g/mol. The number of fused-ring (bicyclic) bond motifs is 1. The normalized spacial score (nSPS) is 11.1. The number of benzene rings is 1. The van der Waals surface area contributed by atoms with Gasteiger partial charge in [-0.25, -0.2) is 0 Å². The Balaban J connectivity index is 0.00000162. The molecule has 1 aromatic carbocycles. The first-order chi connectivity index (χ1) is 7.86. The number of carbonyl (C=O) groups is 1. The number of nitrogens with one attached hydrogen (secondary N) is 1. The molecule has 0 spiro atoms. The van der Waals surface area contributed by atoms with Crippen LogP contribution < -0.4 is 5.32 Å². The molecular formula is C13H15N2O2Y-. The smallest absolute Gasteiger partial charge is 0.219 e. The van der Waals surface area contributed by atoms with Gasteiger partial charge >= 0.3 is 0 Å². The molecule has 0 bridgehead atoms. The summed E-state index contributed by atoms with van der Waals surface area (Å²) in [4.78, 5) is 15.3. The molecule has 0 aliphatic carbocycles. The first-order valence-electron chi connectivity index (χ1n) is 5.46. The number of anilines is 1. The molecule has 1 aromatic heterocycles. The van der Waals surface area contributed by atoms with E-state index in [1.165, 1.54) is 6.92 Å². The summed E-state index contributed by atoms with van der Waals surface area (Å²) in [6.45, 7) is 7.57. The average Bonchev–Trinajstić information content (AvgIpc) is 2.58. The van der Waals surface area contributed by atoms with Gasteiger partial charge in [0.15, 0.2) is 5.89 Å². The third-order valence-corrected chi connectivity index (χ3v) is 2.27. The van der Waals surface area contributed by atoms with E-state index in [1.54, 1.807) is 12.1 Å². The second kappa shape index (κ2) is 5.49. The molecule has 0 atom stereocenters. The van der Waals surface area contributed by atoms with E-state index in [2.05, 4.69) is 16.4 Å². The number of hydrogen-bond donors (Lipinski definition) is 1. The van der Waals surface area contributed by atoms with Crippen LogP contribution in [0.4, 0.5) is 5.69 Å². The number of carbonyl (C=O) groups excluding carboxylic acids is 1. The molecule has 0 saturated heterocycles. The molecule has 0 fully saturated rings. The molecule has 5 heteroatoms. The Hall–Kier alpha value is -0.736. The zero-order chi connectivity index (χ0) is 12.6. The van der Waals surface area contributed by atoms with Gasteiger partial charge in [0.25, 0.3) is 0 Å². The molecule has 1 radical (unpaired) electrons. The van der Waals surface area contributed by atoms with Crippen LogP contribution in [0.25, 0.3) is 11.1 Å². The average molecular weight is 320 g/mol. The van der Waals surface area contributed by atoms with Gasteiger partial charge in [-0.05, 0) is 5.52 Å². The van der Waals surface area contributed by atoms with Gasteiger partial charge in [0.1, 0.15) is 0 Å². The van der Waals surface area contributed by atoms with Gasteiger partial charge in [-0.1, -0.05) is 26.5 Å². The van der Waals surface area contributed by atoms with Crippen LogP contribution in [0.5, 0.6) is 0 Å². The molecule has 93 valence electrons. The molecule has 0 saturated carbocycles. The summed E-state index contributed by atoms with van der Waals surface area (Å²) in [5, 5.41) is 2.66. The quantitative estimate of drug-likeness (QED) is 0.822. The van der Waals surface area contributed by atoms with Crippen molar-refractivity contribution in [1.82, 2.24) is 4.98 Å². The maximum absolute atomic E-state index is 10.9. The van der Waals surface area contributed by atoms with E-state index in [1.807, 2.05) is 20.8 Å². The molecule has 0 aliphatic heterocycles. The number of aromatic nitrogens is 1. The van der Waals surface area contributed by atoms with Crippen LogP contribution in [0, 0.1) is 6.07 Å². The summed E-state index contributed by atoms with van der Waals surface area (Å²) in [6.07, 6.45) is 0. The molecule has 2 aromatic rings. The SMILES string of the molecule is CC(=O)Nc1[c-]cc2nc(C(C)(C)C)oc2c1.[Y]. The summed E-state index contributed by atoms with van der Waals surface area (Å²) in [5.74, 6) is 0.553.